The molecule has 0 aromatic heterocycles. The molecule has 0 aliphatic carbocycles. The number of hydrogen-bond donors (Lipinski definition) is 0. The molecule has 0 rings (SSSR count). The maximum Gasteiger partial charge on any atom is 0.498 e. The summed E-state index contributed by atoms with van der Waals surface area (Å²) in [6.45, 7) is -5.72. The van der Waals surface area contributed by atoms with Gasteiger partial charge in [-0.25, -0.2) is 0 Å². The first kappa shape index (κ1) is 19.5. The predicted molar refractivity (Wildman–Crippen MR) is 47.6 cm³/mol. The van der Waals surface area contributed by atoms with Crippen LogP contribution < -0.4 is 0 Å². The van der Waals surface area contributed by atoms with E-state index in [2.05, 4.69) is 13.3 Å². The minimum absolute atomic E-state index is 0.510. The van der Waals surface area contributed by atoms with Crippen molar-refractivity contribution in [1.82, 2.24) is 0 Å². The molecule has 0 amide bonds. The van der Waals surface area contributed by atoms with Crippen molar-refractivity contribution in [2.75, 3.05) is 19.8 Å². The summed E-state index contributed by atoms with van der Waals surface area (Å²) < 4.78 is 119. The topological polar surface area (TPSA) is 27.7 Å². The molecule has 3 nitrogen and oxygen atoms in total. The van der Waals surface area contributed by atoms with E-state index in [0.717, 1.165) is 0 Å². The summed E-state index contributed by atoms with van der Waals surface area (Å²) in [6, 6.07) is 0. The monoisotopic (exact) mass is 340 g/mol. The molecular weight excluding hydrogens is 331 g/mol. The Labute approximate surface area is 108 Å². The highest BCUT2D eigenvalue weighted by molar-refractivity contribution is 6.59. The molecule has 13 heteroatoms. The summed E-state index contributed by atoms with van der Waals surface area (Å²) in [6.07, 6.45) is -14.8. The fourth-order valence-electron chi connectivity index (χ4n) is 0.764. The Hall–Kier alpha value is -0.533. The van der Waals surface area contributed by atoms with Gasteiger partial charge in [-0.05, 0) is 0 Å². The van der Waals surface area contributed by atoms with Crippen molar-refractivity contribution >= 4 is 8.80 Å². The Bertz CT molecular complexity index is 252. The van der Waals surface area contributed by atoms with E-state index in [1.54, 1.807) is 0 Å². The standard InChI is InChI=1S/C7H9F9O3Si/c1-20(17-2-5(8,9)10,18-3-6(11,12)13)19-4-7(14,15)16/h2-4H2,1H3. The van der Waals surface area contributed by atoms with Gasteiger partial charge in [0.05, 0.1) is 0 Å². The van der Waals surface area contributed by atoms with Crippen molar-refractivity contribution in [2.24, 2.45) is 0 Å². The van der Waals surface area contributed by atoms with Crippen LogP contribution in [0.4, 0.5) is 39.5 Å². The SMILES string of the molecule is C[Si](OCC(F)(F)F)(OCC(F)(F)F)OCC(F)(F)F. The molecule has 0 saturated heterocycles. The summed E-state index contributed by atoms with van der Waals surface area (Å²) in [5.41, 5.74) is 0. The minimum atomic E-state index is -4.95. The minimum Gasteiger partial charge on any atom is -0.364 e. The van der Waals surface area contributed by atoms with E-state index < -0.39 is 47.2 Å². The first-order valence-electron chi connectivity index (χ1n) is 4.74. The zero-order valence-corrected chi connectivity index (χ0v) is 10.7. The van der Waals surface area contributed by atoms with Gasteiger partial charge in [-0.15, -0.1) is 0 Å². The van der Waals surface area contributed by atoms with E-state index in [-0.39, 0.29) is 0 Å². The van der Waals surface area contributed by atoms with Crippen LogP contribution in [0, 0.1) is 0 Å². The van der Waals surface area contributed by atoms with Crippen LogP contribution in [0.5, 0.6) is 0 Å². The summed E-state index contributed by atoms with van der Waals surface area (Å²) in [5.74, 6) is 0. The zero-order valence-electron chi connectivity index (χ0n) is 9.75. The number of rotatable bonds is 6. The number of alkyl halides is 9. The van der Waals surface area contributed by atoms with Gasteiger partial charge in [-0.2, -0.15) is 39.5 Å². The van der Waals surface area contributed by atoms with Gasteiger partial charge >= 0.3 is 27.3 Å². The Kier molecular flexibility index (Phi) is 6.32. The average Bonchev–Trinajstić information content (AvgIpc) is 2.18. The van der Waals surface area contributed by atoms with Crippen LogP contribution in [0.15, 0.2) is 0 Å². The summed E-state index contributed by atoms with van der Waals surface area (Å²) in [5, 5.41) is 0. The molecule has 0 aromatic carbocycles. The fraction of sp³-hybridized carbons (Fsp3) is 1.00. The Morgan fingerprint density at radius 3 is 0.950 bits per heavy atom. The van der Waals surface area contributed by atoms with E-state index in [1.807, 2.05) is 0 Å². The van der Waals surface area contributed by atoms with Crippen LogP contribution in [0.1, 0.15) is 0 Å². The molecule has 0 atom stereocenters. The molecule has 0 saturated carbocycles. The zero-order chi connectivity index (χ0) is 16.2. The maximum atomic E-state index is 11.9. The van der Waals surface area contributed by atoms with Crippen LogP contribution >= 0.6 is 0 Å². The molecule has 122 valence electrons. The molecule has 0 heterocycles. The molecule has 0 radical (unpaired) electrons. The highest BCUT2D eigenvalue weighted by atomic mass is 28.4. The number of halogens is 9. The Morgan fingerprint density at radius 1 is 0.600 bits per heavy atom. The van der Waals surface area contributed by atoms with E-state index in [0.29, 0.717) is 6.55 Å². The third-order valence-electron chi connectivity index (χ3n) is 1.49. The molecule has 20 heavy (non-hydrogen) atoms. The van der Waals surface area contributed by atoms with E-state index >= 15 is 0 Å². The van der Waals surface area contributed by atoms with Crippen molar-refractivity contribution in [3.63, 3.8) is 0 Å². The maximum absolute atomic E-state index is 11.9. The molecule has 0 spiro atoms. The first-order chi connectivity index (χ1) is 8.62. The van der Waals surface area contributed by atoms with Crippen molar-refractivity contribution in [3.8, 4) is 0 Å². The lowest BCUT2D eigenvalue weighted by Gasteiger charge is -2.27. The largest absolute Gasteiger partial charge is 0.498 e. The van der Waals surface area contributed by atoms with Crippen LogP contribution in [-0.4, -0.2) is 47.2 Å². The average molecular weight is 340 g/mol. The highest BCUT2D eigenvalue weighted by Crippen LogP contribution is 2.24. The second-order valence-electron chi connectivity index (χ2n) is 3.57. The van der Waals surface area contributed by atoms with Gasteiger partial charge in [-0.3, -0.25) is 0 Å². The van der Waals surface area contributed by atoms with Crippen molar-refractivity contribution < 1.29 is 52.8 Å². The Balaban J connectivity index is 4.66. The summed E-state index contributed by atoms with van der Waals surface area (Å²) in [7, 11) is -4.74. The van der Waals surface area contributed by atoms with Crippen molar-refractivity contribution in [2.45, 2.75) is 25.1 Å². The molecule has 0 bridgehead atoms. The molecule has 0 aromatic rings. The first-order valence-corrected chi connectivity index (χ1v) is 6.96. The number of hydrogen-bond acceptors (Lipinski definition) is 3. The highest BCUT2D eigenvalue weighted by Gasteiger charge is 2.45. The fourth-order valence-corrected chi connectivity index (χ4v) is 2.29. The third kappa shape index (κ3) is 11.3. The summed E-state index contributed by atoms with van der Waals surface area (Å²) >= 11 is 0. The van der Waals surface area contributed by atoms with Crippen LogP contribution in [0.25, 0.3) is 0 Å². The van der Waals surface area contributed by atoms with Crippen LogP contribution in [0.2, 0.25) is 6.55 Å². The van der Waals surface area contributed by atoms with E-state index in [4.69, 9.17) is 0 Å². The molecular formula is C7H9F9O3Si. The van der Waals surface area contributed by atoms with Gasteiger partial charge < -0.3 is 13.3 Å². The van der Waals surface area contributed by atoms with Gasteiger partial charge in [0.2, 0.25) is 0 Å². The quantitative estimate of drug-likeness (QED) is 0.549. The molecule has 0 fully saturated rings. The van der Waals surface area contributed by atoms with Crippen LogP contribution in [-0.2, 0) is 13.3 Å². The Morgan fingerprint density at radius 2 is 0.800 bits per heavy atom. The second-order valence-corrected chi connectivity index (χ2v) is 6.16. The van der Waals surface area contributed by atoms with E-state index in [9.17, 15) is 39.5 Å². The lowest BCUT2D eigenvalue weighted by molar-refractivity contribution is -0.193. The molecule has 0 aliphatic rings. The molecule has 0 unspecified atom stereocenters. The van der Waals surface area contributed by atoms with Gasteiger partial charge in [-0.1, -0.05) is 0 Å². The van der Waals surface area contributed by atoms with Crippen LogP contribution in [0.3, 0.4) is 0 Å². The second kappa shape index (κ2) is 6.49. The van der Waals surface area contributed by atoms with Gasteiger partial charge in [0.15, 0.2) is 0 Å². The van der Waals surface area contributed by atoms with Gasteiger partial charge in [0, 0.05) is 6.55 Å². The van der Waals surface area contributed by atoms with Crippen molar-refractivity contribution in [1.29, 1.82) is 0 Å². The molecule has 0 N–H and O–H groups in total. The lowest BCUT2D eigenvalue weighted by Crippen LogP contribution is -2.48. The normalized spacial score (nSPS) is 14.7. The van der Waals surface area contributed by atoms with Gasteiger partial charge in [0.25, 0.3) is 0 Å². The molecule has 0 aliphatic heterocycles. The third-order valence-corrected chi connectivity index (χ3v) is 3.50. The predicted octanol–water partition coefficient (Wildman–Crippen LogP) is 3.29. The summed E-state index contributed by atoms with van der Waals surface area (Å²) in [4.78, 5) is 0. The van der Waals surface area contributed by atoms with Crippen molar-refractivity contribution in [3.05, 3.63) is 0 Å². The lowest BCUT2D eigenvalue weighted by atomic mass is 10.7. The van der Waals surface area contributed by atoms with E-state index in [1.165, 1.54) is 0 Å². The smallest absolute Gasteiger partial charge is 0.364 e. The van der Waals surface area contributed by atoms with Gasteiger partial charge in [0.1, 0.15) is 19.8 Å².